The number of aromatic nitrogens is 1. The highest BCUT2D eigenvalue weighted by Gasteiger charge is 2.56. The number of hydrogen-bond acceptors (Lipinski definition) is 8. The number of amides is 3. The Hall–Kier alpha value is -4.19. The molecule has 12 heteroatoms. The number of anilines is 2. The minimum atomic E-state index is -0.847. The maximum absolute atomic E-state index is 14.1. The van der Waals surface area contributed by atoms with Crippen LogP contribution in [-0.4, -0.2) is 40.1 Å². The zero-order chi connectivity index (χ0) is 31.1. The third-order valence-corrected chi connectivity index (χ3v) is 10.4. The number of hydrogen-bond donors (Lipinski definition) is 1. The first-order valence-electron chi connectivity index (χ1n) is 13.8. The second-order valence-electron chi connectivity index (χ2n) is 10.4. The summed E-state index contributed by atoms with van der Waals surface area (Å²) in [5.41, 5.74) is 2.95. The summed E-state index contributed by atoms with van der Waals surface area (Å²) in [6.07, 6.45) is 0. The van der Waals surface area contributed by atoms with Crippen molar-refractivity contribution in [1.82, 2.24) is 4.57 Å². The van der Waals surface area contributed by atoms with Crippen LogP contribution in [0.25, 0.3) is 0 Å². The van der Waals surface area contributed by atoms with Crippen molar-refractivity contribution in [1.29, 1.82) is 0 Å². The Morgan fingerprint density at radius 3 is 2.39 bits per heavy atom. The van der Waals surface area contributed by atoms with Crippen LogP contribution in [0, 0.1) is 12.8 Å². The smallest absolute Gasteiger partial charge is 0.338 e. The Kier molecular flexibility index (Phi) is 8.19. The van der Waals surface area contributed by atoms with Gasteiger partial charge in [0, 0.05) is 21.5 Å². The van der Waals surface area contributed by atoms with E-state index in [-0.39, 0.29) is 23.9 Å². The molecule has 0 aliphatic carbocycles. The summed E-state index contributed by atoms with van der Waals surface area (Å²) in [6, 6.07) is 20.4. The molecule has 2 aliphatic rings. The Morgan fingerprint density at radius 1 is 0.977 bits per heavy atom. The molecule has 0 spiro atoms. The number of nitrogens with zero attached hydrogens (tertiary/aromatic N) is 2. The van der Waals surface area contributed by atoms with Crippen LogP contribution in [0.5, 0.6) is 0 Å². The van der Waals surface area contributed by atoms with E-state index >= 15 is 0 Å². The SMILES string of the molecule is CCOC(=O)c1ccc(N2C(=O)C3Sc4c(sc(=O)n4CC(=O)Nc4cccc(C)c4)[C@H](c4ccc(Cl)cc4)C3C2=O)cc1. The van der Waals surface area contributed by atoms with E-state index in [1.807, 2.05) is 25.1 Å². The fourth-order valence-electron chi connectivity index (χ4n) is 5.57. The van der Waals surface area contributed by atoms with Crippen molar-refractivity contribution in [3.63, 3.8) is 0 Å². The number of imide groups is 1. The number of fused-ring (bicyclic) bond motifs is 2. The van der Waals surface area contributed by atoms with Crippen LogP contribution in [-0.2, 0) is 25.7 Å². The zero-order valence-corrected chi connectivity index (χ0v) is 26.0. The number of rotatable bonds is 7. The maximum Gasteiger partial charge on any atom is 0.338 e. The number of carbonyl (C=O) groups is 4. The van der Waals surface area contributed by atoms with Crippen molar-refractivity contribution in [3.8, 4) is 0 Å². The number of esters is 1. The molecular formula is C32H26ClN3O6S2. The monoisotopic (exact) mass is 647 g/mol. The number of aryl methyl sites for hydroxylation is 1. The molecule has 1 aromatic heterocycles. The van der Waals surface area contributed by atoms with Gasteiger partial charge in [0.25, 0.3) is 0 Å². The molecule has 0 saturated carbocycles. The van der Waals surface area contributed by atoms with Crippen LogP contribution < -0.4 is 15.1 Å². The summed E-state index contributed by atoms with van der Waals surface area (Å²) < 4.78 is 6.42. The molecule has 3 amide bonds. The number of carbonyl (C=O) groups excluding carboxylic acids is 4. The fraction of sp³-hybridized carbons (Fsp3) is 0.219. The number of thioether (sulfide) groups is 1. The van der Waals surface area contributed by atoms with Gasteiger partial charge < -0.3 is 10.1 Å². The van der Waals surface area contributed by atoms with Crippen molar-refractivity contribution >= 4 is 69.8 Å². The van der Waals surface area contributed by atoms with Gasteiger partial charge in [-0.15, -0.1) is 0 Å². The summed E-state index contributed by atoms with van der Waals surface area (Å²) in [4.78, 5) is 67.9. The van der Waals surface area contributed by atoms with Crippen molar-refractivity contribution < 1.29 is 23.9 Å². The Balaban J connectivity index is 1.37. The Morgan fingerprint density at radius 2 is 1.70 bits per heavy atom. The topological polar surface area (TPSA) is 115 Å². The molecule has 6 rings (SSSR count). The number of benzene rings is 3. The van der Waals surface area contributed by atoms with Gasteiger partial charge in [0.2, 0.25) is 17.7 Å². The lowest BCUT2D eigenvalue weighted by atomic mass is 9.83. The molecule has 3 heterocycles. The highest BCUT2D eigenvalue weighted by atomic mass is 35.5. The molecule has 2 aliphatic heterocycles. The van der Waals surface area contributed by atoms with Gasteiger partial charge in [-0.2, -0.15) is 0 Å². The summed E-state index contributed by atoms with van der Waals surface area (Å²) >= 11 is 8.28. The van der Waals surface area contributed by atoms with Crippen molar-refractivity contribution in [2.45, 2.75) is 36.6 Å². The van der Waals surface area contributed by atoms with E-state index < -0.39 is 34.9 Å². The summed E-state index contributed by atoms with van der Waals surface area (Å²) in [7, 11) is 0. The van der Waals surface area contributed by atoms with E-state index in [1.165, 1.54) is 16.7 Å². The number of nitrogens with one attached hydrogen (secondary N) is 1. The molecule has 1 N–H and O–H groups in total. The van der Waals surface area contributed by atoms with Gasteiger partial charge in [-0.05, 0) is 73.5 Å². The van der Waals surface area contributed by atoms with E-state index in [2.05, 4.69) is 5.32 Å². The molecule has 0 bridgehead atoms. The van der Waals surface area contributed by atoms with Gasteiger partial charge in [0.1, 0.15) is 11.8 Å². The minimum Gasteiger partial charge on any atom is -0.462 e. The van der Waals surface area contributed by atoms with Gasteiger partial charge in [-0.1, -0.05) is 59.0 Å². The predicted molar refractivity (Wildman–Crippen MR) is 170 cm³/mol. The second kappa shape index (κ2) is 12.1. The van der Waals surface area contributed by atoms with Crippen LogP contribution in [0.3, 0.4) is 0 Å². The third-order valence-electron chi connectivity index (χ3n) is 7.52. The van der Waals surface area contributed by atoms with E-state index in [1.54, 1.807) is 49.4 Å². The molecule has 3 aromatic carbocycles. The molecule has 1 fully saturated rings. The quantitative estimate of drug-likeness (QED) is 0.209. The average molecular weight is 648 g/mol. The van der Waals surface area contributed by atoms with E-state index in [4.69, 9.17) is 16.3 Å². The third kappa shape index (κ3) is 5.47. The molecule has 3 atom stereocenters. The summed E-state index contributed by atoms with van der Waals surface area (Å²) in [6.45, 7) is 3.59. The molecule has 4 aromatic rings. The van der Waals surface area contributed by atoms with Crippen LogP contribution >= 0.6 is 34.7 Å². The highest BCUT2D eigenvalue weighted by Crippen LogP contribution is 2.54. The van der Waals surface area contributed by atoms with Gasteiger partial charge in [0.15, 0.2) is 0 Å². The molecule has 44 heavy (non-hydrogen) atoms. The Bertz CT molecular complexity index is 1850. The lowest BCUT2D eigenvalue weighted by Crippen LogP contribution is -2.33. The van der Waals surface area contributed by atoms with E-state index in [0.29, 0.717) is 31.9 Å². The molecular weight excluding hydrogens is 622 g/mol. The molecule has 9 nitrogen and oxygen atoms in total. The lowest BCUT2D eigenvalue weighted by Gasteiger charge is -2.30. The van der Waals surface area contributed by atoms with Crippen LogP contribution in [0.15, 0.2) is 82.6 Å². The van der Waals surface area contributed by atoms with Gasteiger partial charge >= 0.3 is 10.8 Å². The number of thiazole rings is 1. The normalized spacial score (nSPS) is 19.0. The van der Waals surface area contributed by atoms with Crippen LogP contribution in [0.2, 0.25) is 5.02 Å². The minimum absolute atomic E-state index is 0.221. The number of ether oxygens (including phenoxy) is 1. The summed E-state index contributed by atoms with van der Waals surface area (Å²) in [5, 5.41) is 2.98. The summed E-state index contributed by atoms with van der Waals surface area (Å²) in [5.74, 6) is -3.16. The molecule has 0 radical (unpaired) electrons. The van der Waals surface area contributed by atoms with Crippen molar-refractivity contribution in [2.24, 2.45) is 5.92 Å². The predicted octanol–water partition coefficient (Wildman–Crippen LogP) is 5.48. The first-order valence-corrected chi connectivity index (χ1v) is 15.9. The van der Waals surface area contributed by atoms with E-state index in [0.717, 1.165) is 39.1 Å². The van der Waals surface area contributed by atoms with Crippen molar-refractivity contribution in [3.05, 3.63) is 109 Å². The molecule has 1 saturated heterocycles. The maximum atomic E-state index is 14.1. The largest absolute Gasteiger partial charge is 0.462 e. The van der Waals surface area contributed by atoms with Crippen molar-refractivity contribution in [2.75, 3.05) is 16.8 Å². The van der Waals surface area contributed by atoms with Gasteiger partial charge in [-0.25, -0.2) is 9.69 Å². The Labute approximate surface area is 265 Å². The first-order chi connectivity index (χ1) is 21.2. The second-order valence-corrected chi connectivity index (χ2v) is 13.0. The lowest BCUT2D eigenvalue weighted by molar-refractivity contribution is -0.122. The van der Waals surface area contributed by atoms with E-state index in [9.17, 15) is 24.0 Å². The van der Waals surface area contributed by atoms with Crippen LogP contribution in [0.1, 0.15) is 39.2 Å². The number of halogens is 1. The average Bonchev–Trinajstić information content (AvgIpc) is 3.44. The van der Waals surface area contributed by atoms with Gasteiger partial charge in [0.05, 0.1) is 28.8 Å². The molecule has 2 unspecified atom stereocenters. The zero-order valence-electron chi connectivity index (χ0n) is 23.6. The van der Waals surface area contributed by atoms with Crippen LogP contribution in [0.4, 0.5) is 11.4 Å². The standard InChI is InChI=1S/C32H26ClN3O6S2/c1-3-42-31(40)19-9-13-22(14-10-19)36-28(38)25-24(18-7-11-20(33)12-8-18)27-30(43-26(25)29(36)39)35(32(41)44-27)16-23(37)34-21-6-4-5-17(2)15-21/h4-15,24-26H,3,16H2,1-2H3,(H,34,37)/t24-,25?,26?/m1/s1. The first kappa shape index (κ1) is 29.9. The van der Waals surface area contributed by atoms with Gasteiger partial charge in [-0.3, -0.25) is 23.7 Å². The highest BCUT2D eigenvalue weighted by molar-refractivity contribution is 8.00. The fourth-order valence-corrected chi connectivity index (χ4v) is 8.47. The molecule has 224 valence electrons.